The van der Waals surface area contributed by atoms with Crippen LogP contribution >= 0.6 is 0 Å². The van der Waals surface area contributed by atoms with Crippen LogP contribution in [0.1, 0.15) is 41.5 Å². The minimum Gasteiger partial charge on any atom is -0.0642 e. The van der Waals surface area contributed by atoms with Gasteiger partial charge in [-0.15, -0.1) is 0 Å². The summed E-state index contributed by atoms with van der Waals surface area (Å²) < 4.78 is 0. The van der Waals surface area contributed by atoms with Crippen LogP contribution < -0.4 is 0 Å². The molecule has 28 aromatic rings. The van der Waals surface area contributed by atoms with Crippen molar-refractivity contribution in [2.75, 3.05) is 0 Å². The molecule has 254 valence electrons. The molecule has 4 aliphatic carbocycles. The molecule has 0 aliphatic heterocycles. The Morgan fingerprint density at radius 3 is 0.500 bits per heavy atom. The predicted molar refractivity (Wildman–Crippen MR) is 265 cm³/mol. The molecule has 0 bridgehead atoms. The van der Waals surface area contributed by atoms with E-state index in [1.807, 2.05) is 0 Å². The molecule has 0 spiro atoms. The molecule has 62 heavy (non-hydrogen) atoms. The van der Waals surface area contributed by atoms with Crippen LogP contribution in [-0.4, -0.2) is 0 Å². The molecule has 0 radical (unpaired) electrons. The van der Waals surface area contributed by atoms with Crippen LogP contribution in [0, 0.1) is 0 Å². The summed E-state index contributed by atoms with van der Waals surface area (Å²) in [4.78, 5) is 0. The zero-order valence-corrected chi connectivity index (χ0v) is 31.8. The monoisotopic (exact) mass is 750 g/mol. The second kappa shape index (κ2) is 4.72. The van der Waals surface area contributed by atoms with Crippen molar-refractivity contribution >= 4 is 291 Å². The molecule has 0 fully saturated rings. The smallest absolute Gasteiger partial charge is 0.0335 e. The summed E-state index contributed by atoms with van der Waals surface area (Å²) in [6.45, 7) is 2.64. The van der Waals surface area contributed by atoms with Gasteiger partial charge in [-0.3, -0.25) is 0 Å². The Bertz CT molecular complexity index is 6620. The van der Waals surface area contributed by atoms with Gasteiger partial charge in [0.25, 0.3) is 0 Å². The molecular weight excluding hydrogens is 745 g/mol. The van der Waals surface area contributed by atoms with Crippen LogP contribution in [0.25, 0.3) is 291 Å². The highest BCUT2D eigenvalue weighted by Crippen LogP contribution is 2.83. The Hall–Kier alpha value is -7.54. The third-order valence-electron chi connectivity index (χ3n) is 23.8. The summed E-state index contributed by atoms with van der Waals surface area (Å²) in [6.07, 6.45) is 1.17. The first-order valence-corrected chi connectivity index (χ1v) is 23.7. The van der Waals surface area contributed by atoms with Gasteiger partial charge >= 0.3 is 0 Å². The van der Waals surface area contributed by atoms with Gasteiger partial charge in [-0.25, -0.2) is 0 Å². The zero-order chi connectivity index (χ0) is 36.3. The van der Waals surface area contributed by atoms with Crippen molar-refractivity contribution in [2.45, 2.75) is 24.7 Å². The van der Waals surface area contributed by atoms with E-state index in [9.17, 15) is 0 Å². The van der Waals surface area contributed by atoms with Crippen molar-refractivity contribution in [1.29, 1.82) is 0 Å². The predicted octanol–water partition coefficient (Wildman–Crippen LogP) is 17.5. The van der Waals surface area contributed by atoms with Crippen LogP contribution in [0.4, 0.5) is 0 Å². The summed E-state index contributed by atoms with van der Waals surface area (Å²) in [6, 6.07) is 0. The lowest BCUT2D eigenvalue weighted by Gasteiger charge is -2.45. The third-order valence-corrected chi connectivity index (χ3v) is 23.8. The molecule has 0 saturated carbocycles. The molecule has 0 heteroatoms. The van der Waals surface area contributed by atoms with Gasteiger partial charge in [0.15, 0.2) is 0 Å². The lowest BCUT2D eigenvalue weighted by Crippen LogP contribution is -2.36. The van der Waals surface area contributed by atoms with E-state index in [1.165, 1.54) is 6.42 Å². The normalized spacial score (nSPS) is 21.9. The molecule has 0 atom stereocenters. The van der Waals surface area contributed by atoms with Crippen LogP contribution in [0.5, 0.6) is 0 Å². The van der Waals surface area contributed by atoms with Crippen molar-refractivity contribution in [3.63, 3.8) is 0 Å². The molecule has 32 rings (SSSR count). The topological polar surface area (TPSA) is 0 Å². The maximum atomic E-state index is 2.64. The Labute approximate surface area is 336 Å². The lowest BCUT2D eigenvalue weighted by molar-refractivity contribution is 0.460. The average Bonchev–Trinajstić information content (AvgIpc) is 4.13. The Morgan fingerprint density at radius 1 is 0.194 bits per heavy atom. The van der Waals surface area contributed by atoms with Crippen molar-refractivity contribution in [1.82, 2.24) is 0 Å². The SMILES string of the molecule is CCC12c3c4c5c6c7c8c(c9c%10c1c1c3c3c%11c4c4c5c5c7c7c%12c8c8c9c9c%10c%10c1c1c3c3c%11c%11c4c4c5c7c5c7c%12c8c8c9c9c%10c1c1c3c3c%11c4c5c4c7c8c9c1c34)C62. The van der Waals surface area contributed by atoms with E-state index >= 15 is 0 Å². The van der Waals surface area contributed by atoms with Gasteiger partial charge in [0, 0.05) is 11.3 Å². The van der Waals surface area contributed by atoms with E-state index < -0.39 is 0 Å². The van der Waals surface area contributed by atoms with Gasteiger partial charge in [0.1, 0.15) is 0 Å². The van der Waals surface area contributed by atoms with Gasteiger partial charge in [-0.2, -0.15) is 0 Å². The molecule has 0 heterocycles. The fraction of sp³-hybridized carbons (Fsp3) is 0.0645. The summed E-state index contributed by atoms with van der Waals surface area (Å²) in [7, 11) is 0. The third kappa shape index (κ3) is 1.06. The van der Waals surface area contributed by atoms with Gasteiger partial charge < -0.3 is 0 Å². The first kappa shape index (κ1) is 21.8. The minimum atomic E-state index is -0.0502. The first-order chi connectivity index (χ1) is 30.9. The first-order valence-electron chi connectivity index (χ1n) is 23.7. The van der Waals surface area contributed by atoms with Gasteiger partial charge in [-0.1, -0.05) is 6.92 Å². The highest BCUT2D eigenvalue weighted by molar-refractivity contribution is 6.82. The molecule has 0 aromatic heterocycles. The number of hydrogen-bond donors (Lipinski definition) is 0. The summed E-state index contributed by atoms with van der Waals surface area (Å²) in [5, 5.41) is 91.4. The van der Waals surface area contributed by atoms with E-state index in [1.54, 1.807) is 313 Å². The average molecular weight is 751 g/mol. The maximum Gasteiger partial charge on any atom is 0.0335 e. The fourth-order valence-corrected chi connectivity index (χ4v) is 23.9. The quantitative estimate of drug-likeness (QED) is 0.147. The molecule has 28 aromatic carbocycles. The Kier molecular flexibility index (Phi) is 1.66. The largest absolute Gasteiger partial charge is 0.0642 e. The second-order valence-electron chi connectivity index (χ2n) is 23.6. The van der Waals surface area contributed by atoms with Crippen LogP contribution in [0.15, 0.2) is 0 Å². The highest BCUT2D eigenvalue weighted by atomic mass is 14.6. The van der Waals surface area contributed by atoms with Gasteiger partial charge in [0.2, 0.25) is 0 Å². The van der Waals surface area contributed by atoms with Crippen molar-refractivity contribution < 1.29 is 0 Å². The van der Waals surface area contributed by atoms with Crippen molar-refractivity contribution in [3.05, 3.63) is 22.3 Å². The maximum absolute atomic E-state index is 2.64. The molecule has 0 N–H and O–H groups in total. The summed E-state index contributed by atoms with van der Waals surface area (Å²) in [5.41, 5.74) is 7.15. The van der Waals surface area contributed by atoms with E-state index in [0.29, 0.717) is 5.92 Å². The van der Waals surface area contributed by atoms with Crippen molar-refractivity contribution in [2.24, 2.45) is 0 Å². The van der Waals surface area contributed by atoms with Crippen LogP contribution in [0.2, 0.25) is 0 Å². The fourth-order valence-electron chi connectivity index (χ4n) is 23.9. The molecule has 0 saturated heterocycles. The number of rotatable bonds is 1. The molecule has 4 aliphatic rings. The lowest BCUT2D eigenvalue weighted by atomic mass is 9.56. The van der Waals surface area contributed by atoms with Gasteiger partial charge in [0.05, 0.1) is 0 Å². The zero-order valence-electron chi connectivity index (χ0n) is 31.8. The van der Waals surface area contributed by atoms with Crippen LogP contribution in [0.3, 0.4) is 0 Å². The van der Waals surface area contributed by atoms with E-state index in [2.05, 4.69) is 6.92 Å². The Balaban J connectivity index is 1.32. The second-order valence-corrected chi connectivity index (χ2v) is 23.6. The molecular formula is C62H6. The summed E-state index contributed by atoms with van der Waals surface area (Å²) >= 11 is 0. The molecule has 0 amide bonds. The standard InChI is InChI=1S/C62H6/c1-2-62-59-55-49-35-27-19-7-4-3-5-8(7)20-22-18-12(5)14-10-6(3)9-13-11(4)17-21(19)33(35)41-39-25(17)23(13)31-29-15(9)16(10)30-32-24(14)26(18)40-42-34(22)36(28(20)27)50(49)56(59)52(42)54-46(40)44(32)48-38(30)37(29)47-43(31)45(39)53(51(41)55)60(62)57(47)58(48)61(54)62/h59H,2H2,1H3. The summed E-state index contributed by atoms with van der Waals surface area (Å²) in [5.74, 6) is 0.387. The number of hydrogen-bond acceptors (Lipinski definition) is 0. The molecule has 0 unspecified atom stereocenters. The van der Waals surface area contributed by atoms with E-state index in [4.69, 9.17) is 0 Å². The molecule has 0 nitrogen and oxygen atoms in total. The Morgan fingerprint density at radius 2 is 0.323 bits per heavy atom. The van der Waals surface area contributed by atoms with Crippen LogP contribution in [-0.2, 0) is 5.41 Å². The van der Waals surface area contributed by atoms with Crippen molar-refractivity contribution in [3.8, 4) is 0 Å². The number of benzene rings is 18. The minimum absolute atomic E-state index is 0.0502. The van der Waals surface area contributed by atoms with E-state index in [0.717, 1.165) is 0 Å². The van der Waals surface area contributed by atoms with Gasteiger partial charge in [-0.05, 0) is 320 Å². The van der Waals surface area contributed by atoms with E-state index in [-0.39, 0.29) is 5.41 Å². The highest BCUT2D eigenvalue weighted by Gasteiger charge is 2.62.